The van der Waals surface area contributed by atoms with Gasteiger partial charge in [0.05, 0.1) is 16.3 Å². The number of aromatic nitrogens is 1. The van der Waals surface area contributed by atoms with E-state index in [-0.39, 0.29) is 0 Å². The van der Waals surface area contributed by atoms with Crippen LogP contribution in [0.25, 0.3) is 22.7 Å². The second-order valence-corrected chi connectivity index (χ2v) is 4.46. The van der Waals surface area contributed by atoms with Gasteiger partial charge in [0.2, 0.25) is 0 Å². The number of aryl methyl sites for hydroxylation is 1. The van der Waals surface area contributed by atoms with Crippen LogP contribution >= 0.6 is 11.3 Å². The van der Waals surface area contributed by atoms with Gasteiger partial charge < -0.3 is 0 Å². The van der Waals surface area contributed by atoms with Crippen LogP contribution in [-0.2, 0) is 0 Å². The van der Waals surface area contributed by atoms with Crippen molar-refractivity contribution in [2.45, 2.75) is 6.92 Å². The second-order valence-electron chi connectivity index (χ2n) is 3.51. The first-order valence-electron chi connectivity index (χ1n) is 5.06. The molecule has 0 saturated carbocycles. The predicted octanol–water partition coefficient (Wildman–Crippen LogP) is 4.40. The monoisotopic (exact) mass is 227 g/mol. The maximum Gasteiger partial charge on any atom is 0.0812 e. The molecule has 0 amide bonds. The van der Waals surface area contributed by atoms with Gasteiger partial charge >= 0.3 is 0 Å². The topological polar surface area (TPSA) is 12.9 Å². The van der Waals surface area contributed by atoms with E-state index < -0.39 is 0 Å². The Kier molecular flexibility index (Phi) is 3.02. The third kappa shape index (κ3) is 1.84. The van der Waals surface area contributed by atoms with E-state index in [1.54, 1.807) is 17.4 Å². The quantitative estimate of drug-likeness (QED) is 0.757. The van der Waals surface area contributed by atoms with Crippen molar-refractivity contribution in [3.63, 3.8) is 0 Å². The summed E-state index contributed by atoms with van der Waals surface area (Å²) < 4.78 is 0. The van der Waals surface area contributed by atoms with Crippen molar-refractivity contribution in [1.82, 2.24) is 4.98 Å². The number of rotatable bonds is 3. The maximum absolute atomic E-state index is 4.59. The first kappa shape index (κ1) is 10.8. The van der Waals surface area contributed by atoms with E-state index in [0.717, 1.165) is 17.0 Å². The summed E-state index contributed by atoms with van der Waals surface area (Å²) >= 11 is 1.69. The Bertz CT molecular complexity index is 524. The molecule has 0 aromatic carbocycles. The van der Waals surface area contributed by atoms with Gasteiger partial charge in [0.25, 0.3) is 0 Å². The van der Waals surface area contributed by atoms with Gasteiger partial charge in [-0.2, -0.15) is 0 Å². The van der Waals surface area contributed by atoms with Crippen molar-refractivity contribution in [2.75, 3.05) is 0 Å². The largest absolute Gasteiger partial charge is 0.247 e. The van der Waals surface area contributed by atoms with Crippen LogP contribution in [0.1, 0.15) is 16.8 Å². The van der Waals surface area contributed by atoms with Gasteiger partial charge in [0.15, 0.2) is 0 Å². The standard InChI is InChI=1S/C14H13NS/c1-4-11-10(3)9-13(15-12(11)5-2)14-7-6-8-16-14/h4-9H,1-2H2,3H3. The zero-order valence-electron chi connectivity index (χ0n) is 9.23. The zero-order valence-corrected chi connectivity index (χ0v) is 10.1. The molecule has 2 aromatic heterocycles. The third-order valence-corrected chi connectivity index (χ3v) is 3.36. The van der Waals surface area contributed by atoms with Crippen LogP contribution in [-0.4, -0.2) is 4.98 Å². The van der Waals surface area contributed by atoms with Gasteiger partial charge in [-0.05, 0) is 36.1 Å². The highest BCUT2D eigenvalue weighted by atomic mass is 32.1. The highest BCUT2D eigenvalue weighted by Gasteiger charge is 2.07. The lowest BCUT2D eigenvalue weighted by Crippen LogP contribution is -1.93. The van der Waals surface area contributed by atoms with Gasteiger partial charge in [0.1, 0.15) is 0 Å². The summed E-state index contributed by atoms with van der Waals surface area (Å²) in [7, 11) is 0. The molecule has 0 fully saturated rings. The van der Waals surface area contributed by atoms with E-state index in [2.05, 4.69) is 42.6 Å². The molecular weight excluding hydrogens is 214 g/mol. The second kappa shape index (κ2) is 4.45. The highest BCUT2D eigenvalue weighted by molar-refractivity contribution is 7.13. The van der Waals surface area contributed by atoms with Crippen molar-refractivity contribution in [1.29, 1.82) is 0 Å². The van der Waals surface area contributed by atoms with E-state index in [1.165, 1.54) is 10.4 Å². The summed E-state index contributed by atoms with van der Waals surface area (Å²) in [5.41, 5.74) is 4.16. The minimum Gasteiger partial charge on any atom is -0.247 e. The van der Waals surface area contributed by atoms with Crippen LogP contribution in [0.2, 0.25) is 0 Å². The highest BCUT2D eigenvalue weighted by Crippen LogP contribution is 2.26. The van der Waals surface area contributed by atoms with Gasteiger partial charge in [-0.1, -0.05) is 25.3 Å². The average Bonchev–Trinajstić information content (AvgIpc) is 2.81. The van der Waals surface area contributed by atoms with Crippen molar-refractivity contribution >= 4 is 23.5 Å². The Labute approximate surface area is 99.8 Å². The average molecular weight is 227 g/mol. The molecule has 16 heavy (non-hydrogen) atoms. The molecule has 2 aromatic rings. The van der Waals surface area contributed by atoms with Gasteiger partial charge in [-0.25, -0.2) is 4.98 Å². The summed E-state index contributed by atoms with van der Waals surface area (Å²) in [6.07, 6.45) is 3.61. The molecule has 0 saturated heterocycles. The lowest BCUT2D eigenvalue weighted by atomic mass is 10.1. The third-order valence-electron chi connectivity index (χ3n) is 2.47. The molecule has 0 atom stereocenters. The van der Waals surface area contributed by atoms with E-state index in [1.807, 2.05) is 12.1 Å². The molecule has 80 valence electrons. The number of pyridine rings is 1. The van der Waals surface area contributed by atoms with Gasteiger partial charge in [-0.15, -0.1) is 11.3 Å². The van der Waals surface area contributed by atoms with Crippen LogP contribution in [0, 0.1) is 6.92 Å². The molecule has 2 heterocycles. The minimum atomic E-state index is 0.901. The molecule has 0 aliphatic heterocycles. The van der Waals surface area contributed by atoms with E-state index in [9.17, 15) is 0 Å². The van der Waals surface area contributed by atoms with Crippen LogP contribution in [0.15, 0.2) is 36.7 Å². The lowest BCUT2D eigenvalue weighted by Gasteiger charge is -2.07. The first-order chi connectivity index (χ1) is 7.76. The summed E-state index contributed by atoms with van der Waals surface area (Å²) in [4.78, 5) is 5.77. The molecule has 2 heteroatoms. The molecule has 0 radical (unpaired) electrons. The molecule has 0 bridgehead atoms. The number of hydrogen-bond donors (Lipinski definition) is 0. The molecule has 0 unspecified atom stereocenters. The molecule has 0 aliphatic carbocycles. The Morgan fingerprint density at radius 2 is 2.12 bits per heavy atom. The minimum absolute atomic E-state index is 0.901. The van der Waals surface area contributed by atoms with Crippen molar-refractivity contribution in [3.8, 4) is 10.6 Å². The molecule has 1 nitrogen and oxygen atoms in total. The van der Waals surface area contributed by atoms with Crippen molar-refractivity contribution < 1.29 is 0 Å². The van der Waals surface area contributed by atoms with Crippen LogP contribution < -0.4 is 0 Å². The number of nitrogens with zero attached hydrogens (tertiary/aromatic N) is 1. The van der Waals surface area contributed by atoms with Crippen molar-refractivity contribution in [2.24, 2.45) is 0 Å². The van der Waals surface area contributed by atoms with Crippen LogP contribution in [0.4, 0.5) is 0 Å². The fraction of sp³-hybridized carbons (Fsp3) is 0.0714. The maximum atomic E-state index is 4.59. The Hall–Kier alpha value is -1.67. The summed E-state index contributed by atoms with van der Waals surface area (Å²) in [6, 6.07) is 6.20. The molecule has 0 N–H and O–H groups in total. The Balaban J connectivity index is 2.63. The van der Waals surface area contributed by atoms with Gasteiger partial charge in [-0.3, -0.25) is 0 Å². The van der Waals surface area contributed by atoms with Gasteiger partial charge in [0, 0.05) is 5.56 Å². The smallest absolute Gasteiger partial charge is 0.0812 e. The number of hydrogen-bond acceptors (Lipinski definition) is 2. The molecule has 0 aliphatic rings. The van der Waals surface area contributed by atoms with Crippen LogP contribution in [0.3, 0.4) is 0 Å². The van der Waals surface area contributed by atoms with E-state index in [4.69, 9.17) is 0 Å². The Morgan fingerprint density at radius 1 is 1.31 bits per heavy atom. The molecule has 2 rings (SSSR count). The SMILES string of the molecule is C=Cc1nc(-c2cccs2)cc(C)c1C=C. The summed E-state index contributed by atoms with van der Waals surface area (Å²) in [5, 5.41) is 2.06. The predicted molar refractivity (Wildman–Crippen MR) is 72.5 cm³/mol. The molecule has 0 spiro atoms. The fourth-order valence-corrected chi connectivity index (χ4v) is 2.36. The van der Waals surface area contributed by atoms with Crippen LogP contribution in [0.5, 0.6) is 0 Å². The fourth-order valence-electron chi connectivity index (χ4n) is 1.68. The molecular formula is C14H13NS. The Morgan fingerprint density at radius 3 is 2.69 bits per heavy atom. The van der Waals surface area contributed by atoms with Crippen molar-refractivity contribution in [3.05, 3.63) is 53.6 Å². The van der Waals surface area contributed by atoms with E-state index in [0.29, 0.717) is 0 Å². The van der Waals surface area contributed by atoms with E-state index >= 15 is 0 Å². The lowest BCUT2D eigenvalue weighted by molar-refractivity contribution is 1.25. The first-order valence-corrected chi connectivity index (χ1v) is 5.94. The normalized spacial score (nSPS) is 10.1. The zero-order chi connectivity index (χ0) is 11.5. The number of thiophene rings is 1. The summed E-state index contributed by atoms with van der Waals surface area (Å²) in [6.45, 7) is 9.68. The summed E-state index contributed by atoms with van der Waals surface area (Å²) in [5.74, 6) is 0.